The Kier molecular flexibility index (Phi) is 5.48. The summed E-state index contributed by atoms with van der Waals surface area (Å²) < 4.78 is 10.6. The number of carbonyl (C=O) groups excluding carboxylic acids is 1. The maximum atomic E-state index is 11.8. The van der Waals surface area contributed by atoms with Crippen molar-refractivity contribution in [2.45, 2.75) is 6.42 Å². The molecule has 2 rings (SSSR count). The first-order valence-corrected chi connectivity index (χ1v) is 7.01. The Balaban J connectivity index is 1.82. The van der Waals surface area contributed by atoms with Gasteiger partial charge in [0.25, 0.3) is 0 Å². The van der Waals surface area contributed by atoms with Crippen LogP contribution in [0.2, 0.25) is 10.0 Å². The Hall–Kier alpha value is -1.01. The Morgan fingerprint density at radius 2 is 2.15 bits per heavy atom. The average molecular weight is 319 g/mol. The third-order valence-corrected chi connectivity index (χ3v) is 3.54. The molecule has 1 amide bonds. The molecule has 1 aromatic rings. The average Bonchev–Trinajstić information content (AvgIpc) is 2.87. The first-order chi connectivity index (χ1) is 9.56. The molecule has 1 heterocycles. The van der Waals surface area contributed by atoms with Crippen LogP contribution < -0.4 is 11.1 Å². The number of hydrogen-bond donors (Lipinski definition) is 2. The molecule has 1 aromatic carbocycles. The van der Waals surface area contributed by atoms with Gasteiger partial charge in [-0.05, 0) is 18.6 Å². The number of amides is 1. The van der Waals surface area contributed by atoms with Crippen LogP contribution in [0.5, 0.6) is 0 Å². The molecule has 0 aliphatic carbocycles. The molecule has 7 heteroatoms. The van der Waals surface area contributed by atoms with Gasteiger partial charge in [0.15, 0.2) is 0 Å². The third-order valence-electron chi connectivity index (χ3n) is 2.94. The number of benzene rings is 1. The Bertz CT molecular complexity index is 467. The molecular weight excluding hydrogens is 303 g/mol. The first kappa shape index (κ1) is 15.4. The van der Waals surface area contributed by atoms with Gasteiger partial charge in [-0.15, -0.1) is 0 Å². The number of carbonyl (C=O) groups is 1. The van der Waals surface area contributed by atoms with Gasteiger partial charge >= 0.3 is 0 Å². The number of anilines is 2. The number of hydrogen-bond acceptors (Lipinski definition) is 4. The van der Waals surface area contributed by atoms with Crippen molar-refractivity contribution in [2.75, 3.05) is 37.5 Å². The fourth-order valence-electron chi connectivity index (χ4n) is 1.92. The highest BCUT2D eigenvalue weighted by Crippen LogP contribution is 2.32. The van der Waals surface area contributed by atoms with E-state index in [2.05, 4.69) is 5.32 Å². The van der Waals surface area contributed by atoms with Gasteiger partial charge in [0.05, 0.1) is 28.9 Å². The quantitative estimate of drug-likeness (QED) is 0.818. The standard InChI is InChI=1S/C13H16Cl2N2O3/c14-10-3-9(16)4-11(15)13(10)17-12(18)7-20-6-8-1-2-19-5-8/h3-4,8H,1-2,5-7,16H2,(H,17,18). The molecule has 1 unspecified atom stereocenters. The topological polar surface area (TPSA) is 73.6 Å². The van der Waals surface area contributed by atoms with Gasteiger partial charge < -0.3 is 20.5 Å². The van der Waals surface area contributed by atoms with E-state index in [9.17, 15) is 4.79 Å². The number of nitrogens with one attached hydrogen (secondary N) is 1. The number of ether oxygens (including phenoxy) is 2. The van der Waals surface area contributed by atoms with Crippen molar-refractivity contribution in [3.63, 3.8) is 0 Å². The molecule has 1 saturated heterocycles. The minimum absolute atomic E-state index is 0.0481. The normalized spacial score (nSPS) is 18.2. The van der Waals surface area contributed by atoms with E-state index in [4.69, 9.17) is 38.4 Å². The fourth-order valence-corrected chi connectivity index (χ4v) is 2.52. The van der Waals surface area contributed by atoms with Crippen molar-refractivity contribution < 1.29 is 14.3 Å². The van der Waals surface area contributed by atoms with E-state index >= 15 is 0 Å². The third kappa shape index (κ3) is 4.24. The molecule has 5 nitrogen and oxygen atoms in total. The molecule has 1 aliphatic heterocycles. The van der Waals surface area contributed by atoms with E-state index in [1.165, 1.54) is 12.1 Å². The van der Waals surface area contributed by atoms with E-state index in [-0.39, 0.29) is 12.5 Å². The molecule has 1 aliphatic rings. The predicted octanol–water partition coefficient (Wildman–Crippen LogP) is 2.57. The van der Waals surface area contributed by atoms with Crippen LogP contribution in [-0.2, 0) is 14.3 Å². The summed E-state index contributed by atoms with van der Waals surface area (Å²) in [5.74, 6) is 0.0592. The first-order valence-electron chi connectivity index (χ1n) is 6.26. The lowest BCUT2D eigenvalue weighted by Crippen LogP contribution is -2.21. The monoisotopic (exact) mass is 318 g/mol. The van der Waals surface area contributed by atoms with Crippen molar-refractivity contribution in [3.05, 3.63) is 22.2 Å². The number of halogens is 2. The molecule has 1 fully saturated rings. The summed E-state index contributed by atoms with van der Waals surface area (Å²) >= 11 is 12.0. The zero-order valence-corrected chi connectivity index (χ0v) is 12.3. The van der Waals surface area contributed by atoms with Gasteiger partial charge in [0.1, 0.15) is 6.61 Å². The fraction of sp³-hybridized carbons (Fsp3) is 0.462. The van der Waals surface area contributed by atoms with Gasteiger partial charge in [0.2, 0.25) is 5.91 Å². The number of rotatable bonds is 5. The smallest absolute Gasteiger partial charge is 0.250 e. The highest BCUT2D eigenvalue weighted by atomic mass is 35.5. The second-order valence-electron chi connectivity index (χ2n) is 4.65. The summed E-state index contributed by atoms with van der Waals surface area (Å²) in [7, 11) is 0. The molecule has 0 bridgehead atoms. The highest BCUT2D eigenvalue weighted by Gasteiger charge is 2.16. The van der Waals surface area contributed by atoms with Crippen molar-refractivity contribution in [1.82, 2.24) is 0 Å². The van der Waals surface area contributed by atoms with Gasteiger partial charge in [-0.25, -0.2) is 0 Å². The molecule has 110 valence electrons. The van der Waals surface area contributed by atoms with Gasteiger partial charge in [0, 0.05) is 18.2 Å². The van der Waals surface area contributed by atoms with Crippen LogP contribution in [0.1, 0.15) is 6.42 Å². The molecular formula is C13H16Cl2N2O3. The molecule has 0 radical (unpaired) electrons. The van der Waals surface area contributed by atoms with Crippen LogP contribution >= 0.6 is 23.2 Å². The van der Waals surface area contributed by atoms with Crippen LogP contribution in [-0.4, -0.2) is 32.3 Å². The van der Waals surface area contributed by atoms with Crippen LogP contribution in [0.4, 0.5) is 11.4 Å². The summed E-state index contributed by atoms with van der Waals surface area (Å²) in [5.41, 5.74) is 6.38. The summed E-state index contributed by atoms with van der Waals surface area (Å²) in [6, 6.07) is 3.06. The van der Waals surface area contributed by atoms with Gasteiger partial charge in [-0.1, -0.05) is 23.2 Å². The lowest BCUT2D eigenvalue weighted by atomic mass is 10.1. The van der Waals surface area contributed by atoms with Crippen molar-refractivity contribution in [1.29, 1.82) is 0 Å². The summed E-state index contributed by atoms with van der Waals surface area (Å²) in [4.78, 5) is 11.8. The second-order valence-corrected chi connectivity index (χ2v) is 5.47. The second kappa shape index (κ2) is 7.13. The molecule has 0 aromatic heterocycles. The molecule has 0 saturated carbocycles. The molecule has 0 spiro atoms. The Morgan fingerprint density at radius 1 is 1.45 bits per heavy atom. The minimum atomic E-state index is -0.308. The predicted molar refractivity (Wildman–Crippen MR) is 79.2 cm³/mol. The van der Waals surface area contributed by atoms with E-state index in [0.29, 0.717) is 40.6 Å². The lowest BCUT2D eigenvalue weighted by Gasteiger charge is -2.11. The molecule has 3 N–H and O–H groups in total. The number of nitrogens with two attached hydrogens (primary N) is 1. The van der Waals surface area contributed by atoms with Crippen LogP contribution in [0, 0.1) is 5.92 Å². The van der Waals surface area contributed by atoms with E-state index in [0.717, 1.165) is 13.0 Å². The highest BCUT2D eigenvalue weighted by molar-refractivity contribution is 6.40. The van der Waals surface area contributed by atoms with E-state index < -0.39 is 0 Å². The summed E-state index contributed by atoms with van der Waals surface area (Å²) in [5, 5.41) is 3.21. The van der Waals surface area contributed by atoms with Crippen molar-refractivity contribution in [2.24, 2.45) is 5.92 Å². The minimum Gasteiger partial charge on any atom is -0.399 e. The van der Waals surface area contributed by atoms with Crippen molar-refractivity contribution in [3.8, 4) is 0 Å². The number of nitrogen functional groups attached to an aromatic ring is 1. The Morgan fingerprint density at radius 3 is 2.75 bits per heavy atom. The molecule has 1 atom stereocenters. The molecule has 20 heavy (non-hydrogen) atoms. The maximum absolute atomic E-state index is 11.8. The van der Waals surface area contributed by atoms with Crippen LogP contribution in [0.15, 0.2) is 12.1 Å². The van der Waals surface area contributed by atoms with Crippen molar-refractivity contribution >= 4 is 40.5 Å². The van der Waals surface area contributed by atoms with Gasteiger partial charge in [-0.2, -0.15) is 0 Å². The summed E-state index contributed by atoms with van der Waals surface area (Å²) in [6.45, 7) is 1.91. The maximum Gasteiger partial charge on any atom is 0.250 e. The Labute approximate surface area is 127 Å². The largest absolute Gasteiger partial charge is 0.399 e. The zero-order chi connectivity index (χ0) is 14.5. The van der Waals surface area contributed by atoms with E-state index in [1.54, 1.807) is 0 Å². The summed E-state index contributed by atoms with van der Waals surface area (Å²) in [6.07, 6.45) is 0.969. The zero-order valence-electron chi connectivity index (χ0n) is 10.8. The van der Waals surface area contributed by atoms with Gasteiger partial charge in [-0.3, -0.25) is 4.79 Å². The SMILES string of the molecule is Nc1cc(Cl)c(NC(=O)COCC2CCOC2)c(Cl)c1. The van der Waals surface area contributed by atoms with E-state index in [1.807, 2.05) is 0 Å². The lowest BCUT2D eigenvalue weighted by molar-refractivity contribution is -0.121. The van der Waals surface area contributed by atoms with Crippen LogP contribution in [0.3, 0.4) is 0 Å². The van der Waals surface area contributed by atoms with Crippen LogP contribution in [0.25, 0.3) is 0 Å².